The van der Waals surface area contributed by atoms with E-state index in [9.17, 15) is 0 Å². The molecule has 5 nitrogen and oxygen atoms in total. The van der Waals surface area contributed by atoms with Crippen molar-refractivity contribution in [3.63, 3.8) is 0 Å². The molecule has 0 spiro atoms. The number of anilines is 1. The molecule has 0 saturated heterocycles. The van der Waals surface area contributed by atoms with E-state index >= 15 is 0 Å². The van der Waals surface area contributed by atoms with Crippen LogP contribution >= 0.6 is 11.3 Å². The number of hydrogen-bond acceptors (Lipinski definition) is 5. The van der Waals surface area contributed by atoms with Gasteiger partial charge in [-0.25, -0.2) is 15.0 Å². The van der Waals surface area contributed by atoms with Crippen LogP contribution in [-0.2, 0) is 6.54 Å². The van der Waals surface area contributed by atoms with Gasteiger partial charge in [0.2, 0.25) is 0 Å². The van der Waals surface area contributed by atoms with Crippen molar-refractivity contribution in [2.45, 2.75) is 6.54 Å². The normalized spacial score (nSPS) is 11.2. The number of imidazole rings is 1. The van der Waals surface area contributed by atoms with Gasteiger partial charge in [0.15, 0.2) is 11.5 Å². The molecule has 0 bridgehead atoms. The molecule has 98 valence electrons. The van der Waals surface area contributed by atoms with Gasteiger partial charge in [0.1, 0.15) is 11.8 Å². The van der Waals surface area contributed by atoms with E-state index in [2.05, 4.69) is 54.9 Å². The molecule has 3 aromatic heterocycles. The van der Waals surface area contributed by atoms with Crippen molar-refractivity contribution in [2.75, 3.05) is 5.32 Å². The minimum Gasteiger partial charge on any atom is -0.364 e. The van der Waals surface area contributed by atoms with Crippen molar-refractivity contribution in [1.82, 2.24) is 19.9 Å². The number of hydrogen-bond donors (Lipinski definition) is 2. The molecule has 0 aliphatic carbocycles. The Bertz CT molecular complexity index is 879. The molecule has 2 N–H and O–H groups in total. The van der Waals surface area contributed by atoms with Gasteiger partial charge in [-0.1, -0.05) is 6.07 Å². The van der Waals surface area contributed by atoms with E-state index in [0.29, 0.717) is 5.65 Å². The Balaban J connectivity index is 1.61. The van der Waals surface area contributed by atoms with Crippen molar-refractivity contribution < 1.29 is 0 Å². The molecule has 0 saturated carbocycles. The lowest BCUT2D eigenvalue weighted by Gasteiger charge is -2.06. The zero-order valence-electron chi connectivity index (χ0n) is 10.5. The predicted molar refractivity (Wildman–Crippen MR) is 80.8 cm³/mol. The van der Waals surface area contributed by atoms with Crippen molar-refractivity contribution in [3.05, 3.63) is 47.9 Å². The Kier molecular flexibility index (Phi) is 2.60. The van der Waals surface area contributed by atoms with E-state index < -0.39 is 0 Å². The lowest BCUT2D eigenvalue weighted by Crippen LogP contribution is -2.02. The smallest absolute Gasteiger partial charge is 0.182 e. The first kappa shape index (κ1) is 11.4. The van der Waals surface area contributed by atoms with Crippen LogP contribution in [0, 0.1) is 0 Å². The van der Waals surface area contributed by atoms with Crippen molar-refractivity contribution in [1.29, 1.82) is 0 Å². The number of nitrogens with one attached hydrogen (secondary N) is 2. The molecule has 0 atom stereocenters. The lowest BCUT2D eigenvalue weighted by atomic mass is 10.2. The van der Waals surface area contributed by atoms with Crippen LogP contribution in [0.5, 0.6) is 0 Å². The first-order valence-corrected chi connectivity index (χ1v) is 7.12. The average molecular weight is 281 g/mol. The van der Waals surface area contributed by atoms with Crippen molar-refractivity contribution in [3.8, 4) is 0 Å². The van der Waals surface area contributed by atoms with E-state index in [0.717, 1.165) is 17.9 Å². The molecule has 6 heteroatoms. The SMILES string of the molecule is c1nc(NCc2ccc3sccc3c2)c2[nH]cnc2n1. The van der Waals surface area contributed by atoms with Crippen LogP contribution in [0.1, 0.15) is 5.56 Å². The first-order valence-electron chi connectivity index (χ1n) is 6.24. The Morgan fingerprint density at radius 1 is 1.15 bits per heavy atom. The van der Waals surface area contributed by atoms with E-state index in [-0.39, 0.29) is 0 Å². The second-order valence-corrected chi connectivity index (χ2v) is 5.42. The largest absolute Gasteiger partial charge is 0.364 e. The highest BCUT2D eigenvalue weighted by molar-refractivity contribution is 7.17. The van der Waals surface area contributed by atoms with Crippen LogP contribution in [0.15, 0.2) is 42.3 Å². The zero-order valence-corrected chi connectivity index (χ0v) is 11.3. The highest BCUT2D eigenvalue weighted by Gasteiger charge is 2.05. The third-order valence-corrected chi connectivity index (χ3v) is 4.10. The van der Waals surface area contributed by atoms with Crippen LogP contribution in [0.4, 0.5) is 5.82 Å². The minimum atomic E-state index is 0.677. The zero-order chi connectivity index (χ0) is 13.4. The van der Waals surface area contributed by atoms with Gasteiger partial charge < -0.3 is 10.3 Å². The van der Waals surface area contributed by atoms with E-state index in [4.69, 9.17) is 0 Å². The molecule has 3 heterocycles. The molecule has 20 heavy (non-hydrogen) atoms. The number of H-pyrrole nitrogens is 1. The summed E-state index contributed by atoms with van der Waals surface area (Å²) in [5.74, 6) is 0.776. The summed E-state index contributed by atoms with van der Waals surface area (Å²) in [6.45, 7) is 0.719. The van der Waals surface area contributed by atoms with Gasteiger partial charge >= 0.3 is 0 Å². The third-order valence-electron chi connectivity index (χ3n) is 3.20. The van der Waals surface area contributed by atoms with Gasteiger partial charge in [0.05, 0.1) is 6.33 Å². The Morgan fingerprint density at radius 2 is 2.15 bits per heavy atom. The van der Waals surface area contributed by atoms with E-state index in [1.807, 2.05) is 0 Å². The summed E-state index contributed by atoms with van der Waals surface area (Å²) in [6.07, 6.45) is 3.15. The molecule has 4 rings (SSSR count). The third kappa shape index (κ3) is 1.90. The topological polar surface area (TPSA) is 66.5 Å². The molecule has 0 radical (unpaired) electrons. The number of aromatic amines is 1. The van der Waals surface area contributed by atoms with E-state index in [1.54, 1.807) is 17.7 Å². The summed E-state index contributed by atoms with van der Waals surface area (Å²) >= 11 is 1.76. The summed E-state index contributed by atoms with van der Waals surface area (Å²) in [5.41, 5.74) is 2.74. The number of nitrogens with zero attached hydrogens (tertiary/aromatic N) is 3. The van der Waals surface area contributed by atoms with Gasteiger partial charge in [-0.2, -0.15) is 0 Å². The minimum absolute atomic E-state index is 0.677. The number of benzene rings is 1. The molecule has 1 aromatic carbocycles. The summed E-state index contributed by atoms with van der Waals surface area (Å²) in [5, 5.41) is 6.72. The van der Waals surface area contributed by atoms with Crippen LogP contribution < -0.4 is 5.32 Å². The van der Waals surface area contributed by atoms with Gasteiger partial charge in [0, 0.05) is 11.2 Å². The lowest BCUT2D eigenvalue weighted by molar-refractivity contribution is 1.10. The summed E-state index contributed by atoms with van der Waals surface area (Å²) in [7, 11) is 0. The fraction of sp³-hybridized carbons (Fsp3) is 0.0714. The second kappa shape index (κ2) is 4.57. The maximum Gasteiger partial charge on any atom is 0.182 e. The number of fused-ring (bicyclic) bond motifs is 2. The number of thiophene rings is 1. The molecule has 0 aliphatic rings. The number of aromatic nitrogens is 4. The molecule has 0 amide bonds. The van der Waals surface area contributed by atoms with Crippen LogP contribution in [0.25, 0.3) is 21.3 Å². The summed E-state index contributed by atoms with van der Waals surface area (Å²) in [6, 6.07) is 8.63. The van der Waals surface area contributed by atoms with Crippen molar-refractivity contribution in [2.24, 2.45) is 0 Å². The first-order chi connectivity index (χ1) is 9.90. The molecular formula is C14H11N5S. The van der Waals surface area contributed by atoms with Crippen LogP contribution in [0.3, 0.4) is 0 Å². The quantitative estimate of drug-likeness (QED) is 0.605. The fourth-order valence-corrected chi connectivity index (χ4v) is 2.98. The van der Waals surface area contributed by atoms with Gasteiger partial charge in [0.25, 0.3) is 0 Å². The maximum absolute atomic E-state index is 4.26. The van der Waals surface area contributed by atoms with E-state index in [1.165, 1.54) is 22.0 Å². The predicted octanol–water partition coefficient (Wildman–Crippen LogP) is 3.18. The molecule has 0 aliphatic heterocycles. The van der Waals surface area contributed by atoms with Crippen molar-refractivity contribution >= 4 is 38.4 Å². The monoisotopic (exact) mass is 281 g/mol. The Labute approximate surface area is 118 Å². The van der Waals surface area contributed by atoms with Gasteiger partial charge in [-0.05, 0) is 34.5 Å². The van der Waals surface area contributed by atoms with Gasteiger partial charge in [-0.15, -0.1) is 11.3 Å². The maximum atomic E-state index is 4.26. The molecular weight excluding hydrogens is 270 g/mol. The van der Waals surface area contributed by atoms with Crippen LogP contribution in [-0.4, -0.2) is 19.9 Å². The molecule has 0 fully saturated rings. The average Bonchev–Trinajstić information content (AvgIpc) is 3.13. The Hall–Kier alpha value is -2.47. The second-order valence-electron chi connectivity index (χ2n) is 4.47. The highest BCUT2D eigenvalue weighted by atomic mass is 32.1. The Morgan fingerprint density at radius 3 is 3.15 bits per heavy atom. The highest BCUT2D eigenvalue weighted by Crippen LogP contribution is 2.22. The molecule has 4 aromatic rings. The standard InChI is InChI=1S/C14H11N5S/c1-2-11-10(3-4-20-11)5-9(1)6-15-13-12-14(17-7-16-12)19-8-18-13/h1-5,7-8H,6H2,(H2,15,16,17,18,19). The number of rotatable bonds is 3. The van der Waals surface area contributed by atoms with Gasteiger partial charge in [-0.3, -0.25) is 0 Å². The van der Waals surface area contributed by atoms with Crippen LogP contribution in [0.2, 0.25) is 0 Å². The summed E-state index contributed by atoms with van der Waals surface area (Å²) < 4.78 is 1.31. The fourth-order valence-electron chi connectivity index (χ4n) is 2.21. The summed E-state index contributed by atoms with van der Waals surface area (Å²) in [4.78, 5) is 15.5. The molecule has 0 unspecified atom stereocenters.